The van der Waals surface area contributed by atoms with E-state index in [1.807, 2.05) is 0 Å². The second-order valence-corrected chi connectivity index (χ2v) is 10.0. The van der Waals surface area contributed by atoms with Crippen molar-refractivity contribution in [1.82, 2.24) is 10.2 Å². The van der Waals surface area contributed by atoms with Gasteiger partial charge in [-0.25, -0.2) is 8.42 Å². The smallest absolute Gasteiger partial charge is 0.261 e. The Bertz CT molecular complexity index is 1160. The zero-order chi connectivity index (χ0) is 23.1. The summed E-state index contributed by atoms with van der Waals surface area (Å²) in [5.74, 6) is -0.204. The lowest BCUT2D eigenvalue weighted by Crippen LogP contribution is -2.29. The highest BCUT2D eigenvalue weighted by molar-refractivity contribution is 7.92. The maximum Gasteiger partial charge on any atom is 0.261 e. The van der Waals surface area contributed by atoms with Gasteiger partial charge in [-0.05, 0) is 73.5 Å². The van der Waals surface area contributed by atoms with Crippen LogP contribution in [-0.4, -0.2) is 32.3 Å². The van der Waals surface area contributed by atoms with Gasteiger partial charge in [-0.3, -0.25) is 14.4 Å². The number of piperidine rings is 1. The van der Waals surface area contributed by atoms with Gasteiger partial charge in [0.1, 0.15) is 0 Å². The summed E-state index contributed by atoms with van der Waals surface area (Å²) in [5.41, 5.74) is 3.21. The van der Waals surface area contributed by atoms with E-state index in [0.717, 1.165) is 12.1 Å². The number of anilines is 1. The van der Waals surface area contributed by atoms with Gasteiger partial charge in [0.15, 0.2) is 0 Å². The number of nitrogens with one attached hydrogen (secondary N) is 2. The maximum atomic E-state index is 12.5. The molecular weight excluding hydrogens is 434 g/mol. The van der Waals surface area contributed by atoms with Gasteiger partial charge in [0.05, 0.1) is 4.90 Å². The molecule has 0 aliphatic carbocycles. The molecule has 1 heterocycles. The number of hydrogen-bond acceptors (Lipinski definition) is 4. The molecule has 0 unspecified atom stereocenters. The molecule has 172 valence electrons. The number of carbonyl (C=O) groups is 1. The van der Waals surface area contributed by atoms with Crippen molar-refractivity contribution in [2.24, 2.45) is 0 Å². The van der Waals surface area contributed by atoms with Gasteiger partial charge >= 0.3 is 0 Å². The van der Waals surface area contributed by atoms with E-state index >= 15 is 0 Å². The first-order valence-electron chi connectivity index (χ1n) is 11.3. The number of hydrogen-bond donors (Lipinski definition) is 2. The molecule has 7 heteroatoms. The lowest BCUT2D eigenvalue weighted by atomic mass is 10.1. The number of sulfonamides is 1. The number of benzene rings is 3. The van der Waals surface area contributed by atoms with Crippen LogP contribution in [0.25, 0.3) is 0 Å². The van der Waals surface area contributed by atoms with E-state index in [1.165, 1.54) is 50.0 Å². The van der Waals surface area contributed by atoms with Crippen molar-refractivity contribution < 1.29 is 13.2 Å². The molecule has 2 N–H and O–H groups in total. The minimum Gasteiger partial charge on any atom is -0.348 e. The molecule has 0 atom stereocenters. The number of rotatable bonds is 8. The Morgan fingerprint density at radius 3 is 2.09 bits per heavy atom. The summed E-state index contributed by atoms with van der Waals surface area (Å²) in [7, 11) is -3.66. The van der Waals surface area contributed by atoms with E-state index in [9.17, 15) is 13.2 Å². The van der Waals surface area contributed by atoms with Crippen molar-refractivity contribution in [1.29, 1.82) is 0 Å². The molecule has 0 radical (unpaired) electrons. The van der Waals surface area contributed by atoms with Gasteiger partial charge < -0.3 is 5.32 Å². The van der Waals surface area contributed by atoms with Crippen LogP contribution in [0.15, 0.2) is 83.8 Å². The quantitative estimate of drug-likeness (QED) is 0.519. The zero-order valence-electron chi connectivity index (χ0n) is 18.5. The summed E-state index contributed by atoms with van der Waals surface area (Å²) >= 11 is 0. The number of amides is 1. The van der Waals surface area contributed by atoms with Gasteiger partial charge in [-0.1, -0.05) is 48.9 Å². The molecule has 0 saturated carbocycles. The number of likely N-dealkylation sites (tertiary alicyclic amines) is 1. The Hall–Kier alpha value is -3.16. The molecule has 0 spiro atoms. The third-order valence-corrected chi connectivity index (χ3v) is 7.18. The highest BCUT2D eigenvalue weighted by atomic mass is 32.2. The van der Waals surface area contributed by atoms with Crippen LogP contribution in [0.5, 0.6) is 0 Å². The average Bonchev–Trinajstić information content (AvgIpc) is 2.85. The van der Waals surface area contributed by atoms with Crippen molar-refractivity contribution in [2.75, 3.05) is 17.8 Å². The minimum atomic E-state index is -3.66. The summed E-state index contributed by atoms with van der Waals surface area (Å²) in [6.07, 6.45) is 3.90. The molecule has 33 heavy (non-hydrogen) atoms. The fourth-order valence-corrected chi connectivity index (χ4v) is 5.01. The van der Waals surface area contributed by atoms with E-state index < -0.39 is 10.0 Å². The summed E-state index contributed by atoms with van der Waals surface area (Å²) < 4.78 is 27.4. The highest BCUT2D eigenvalue weighted by Gasteiger charge is 2.14. The average molecular weight is 464 g/mol. The van der Waals surface area contributed by atoms with Crippen molar-refractivity contribution in [3.8, 4) is 0 Å². The topological polar surface area (TPSA) is 78.5 Å². The largest absolute Gasteiger partial charge is 0.348 e. The van der Waals surface area contributed by atoms with Crippen LogP contribution in [0.4, 0.5) is 5.69 Å². The van der Waals surface area contributed by atoms with E-state index in [0.29, 0.717) is 17.8 Å². The fraction of sp³-hybridized carbons (Fsp3) is 0.269. The second-order valence-electron chi connectivity index (χ2n) is 8.33. The first-order chi connectivity index (χ1) is 16.0. The Morgan fingerprint density at radius 2 is 1.42 bits per heavy atom. The fourth-order valence-electron chi connectivity index (χ4n) is 3.93. The molecule has 0 aromatic heterocycles. The van der Waals surface area contributed by atoms with Gasteiger partial charge in [-0.2, -0.15) is 0 Å². The van der Waals surface area contributed by atoms with Crippen LogP contribution < -0.4 is 10.0 Å². The van der Waals surface area contributed by atoms with Gasteiger partial charge in [0.25, 0.3) is 15.9 Å². The van der Waals surface area contributed by atoms with E-state index in [4.69, 9.17) is 0 Å². The third kappa shape index (κ3) is 6.43. The van der Waals surface area contributed by atoms with Gasteiger partial charge in [0, 0.05) is 24.3 Å². The lowest BCUT2D eigenvalue weighted by molar-refractivity contribution is 0.0951. The monoisotopic (exact) mass is 463 g/mol. The standard InChI is InChI=1S/C26H29N3O3S/c30-26(27-19-21-9-11-22(12-10-21)20-29-17-5-2-6-18-29)23-13-15-24(16-14-23)28-33(31,32)25-7-3-1-4-8-25/h1,3-4,7-16,28H,2,5-6,17-20H2,(H,27,30). The number of nitrogens with zero attached hydrogens (tertiary/aromatic N) is 1. The van der Waals surface area contributed by atoms with E-state index in [-0.39, 0.29) is 10.8 Å². The molecule has 3 aromatic carbocycles. The van der Waals surface area contributed by atoms with Crippen molar-refractivity contribution >= 4 is 21.6 Å². The molecule has 6 nitrogen and oxygen atoms in total. The number of carbonyl (C=O) groups excluding carboxylic acids is 1. The molecule has 1 aliphatic rings. The Labute approximate surface area is 195 Å². The first kappa shape index (κ1) is 23.0. The van der Waals surface area contributed by atoms with E-state index in [1.54, 1.807) is 42.5 Å². The van der Waals surface area contributed by atoms with Gasteiger partial charge in [-0.15, -0.1) is 0 Å². The summed E-state index contributed by atoms with van der Waals surface area (Å²) in [6.45, 7) is 3.76. The molecule has 3 aromatic rings. The predicted octanol–water partition coefficient (Wildman–Crippen LogP) is 4.40. The van der Waals surface area contributed by atoms with E-state index in [2.05, 4.69) is 39.2 Å². The van der Waals surface area contributed by atoms with Crippen LogP contribution in [0.2, 0.25) is 0 Å². The molecular formula is C26H29N3O3S. The third-order valence-electron chi connectivity index (χ3n) is 5.78. The van der Waals surface area contributed by atoms with Crippen LogP contribution in [0.3, 0.4) is 0 Å². The Kier molecular flexibility index (Phi) is 7.42. The van der Waals surface area contributed by atoms with Crippen LogP contribution in [0, 0.1) is 0 Å². The van der Waals surface area contributed by atoms with Crippen LogP contribution in [-0.2, 0) is 23.1 Å². The van der Waals surface area contributed by atoms with Crippen molar-refractivity contribution in [3.05, 3.63) is 95.6 Å². The molecule has 0 bridgehead atoms. The summed E-state index contributed by atoms with van der Waals surface area (Å²) in [4.78, 5) is 15.2. The molecule has 1 amide bonds. The van der Waals surface area contributed by atoms with Gasteiger partial charge in [0.2, 0.25) is 0 Å². The lowest BCUT2D eigenvalue weighted by Gasteiger charge is -2.26. The van der Waals surface area contributed by atoms with Crippen molar-refractivity contribution in [2.45, 2.75) is 37.2 Å². The van der Waals surface area contributed by atoms with Crippen LogP contribution >= 0.6 is 0 Å². The first-order valence-corrected chi connectivity index (χ1v) is 12.7. The van der Waals surface area contributed by atoms with Crippen molar-refractivity contribution in [3.63, 3.8) is 0 Å². The molecule has 1 saturated heterocycles. The predicted molar refractivity (Wildman–Crippen MR) is 130 cm³/mol. The Morgan fingerprint density at radius 1 is 0.788 bits per heavy atom. The minimum absolute atomic E-state index is 0.189. The molecule has 1 aliphatic heterocycles. The summed E-state index contributed by atoms with van der Waals surface area (Å²) in [6, 6.07) is 22.9. The normalized spacial score (nSPS) is 14.5. The molecule has 4 rings (SSSR count). The van der Waals surface area contributed by atoms with Crippen LogP contribution in [0.1, 0.15) is 40.7 Å². The second kappa shape index (κ2) is 10.6. The zero-order valence-corrected chi connectivity index (χ0v) is 19.4. The summed E-state index contributed by atoms with van der Waals surface area (Å²) in [5, 5.41) is 2.92. The maximum absolute atomic E-state index is 12.5. The molecule has 1 fully saturated rings. The highest BCUT2D eigenvalue weighted by Crippen LogP contribution is 2.17. The SMILES string of the molecule is O=C(NCc1ccc(CN2CCCCC2)cc1)c1ccc(NS(=O)(=O)c2ccccc2)cc1. The Balaban J connectivity index is 1.29.